The molecule has 6 nitrogen and oxygen atoms in total. The lowest BCUT2D eigenvalue weighted by Crippen LogP contribution is -2.38. The number of morpholine rings is 1. The van der Waals surface area contributed by atoms with E-state index < -0.39 is 0 Å². The number of nitrogens with one attached hydrogen (secondary N) is 1. The Morgan fingerprint density at radius 3 is 2.87 bits per heavy atom. The van der Waals surface area contributed by atoms with Crippen LogP contribution in [0, 0.1) is 0 Å². The number of amides is 1. The molecule has 3 rings (SSSR count). The maximum atomic E-state index is 12.6. The number of nitrogens with zero attached hydrogens (tertiary/aromatic N) is 2. The summed E-state index contributed by atoms with van der Waals surface area (Å²) >= 11 is 0. The number of anilines is 2. The molecule has 1 saturated heterocycles. The van der Waals surface area contributed by atoms with Crippen molar-refractivity contribution in [1.29, 1.82) is 0 Å². The molecule has 0 radical (unpaired) electrons. The normalized spacial score (nSPS) is 14.4. The summed E-state index contributed by atoms with van der Waals surface area (Å²) in [5.74, 6) is 1.20. The lowest BCUT2D eigenvalue weighted by atomic mass is 10.2. The highest BCUT2D eigenvalue weighted by Gasteiger charge is 2.19. The lowest BCUT2D eigenvalue weighted by Gasteiger charge is -2.29. The summed E-state index contributed by atoms with van der Waals surface area (Å²) in [4.78, 5) is 19.1. The van der Waals surface area contributed by atoms with Crippen molar-refractivity contribution in [2.45, 2.75) is 0 Å². The van der Waals surface area contributed by atoms with Crippen LogP contribution in [0.25, 0.3) is 0 Å². The zero-order valence-corrected chi connectivity index (χ0v) is 13.0. The quantitative estimate of drug-likeness (QED) is 0.937. The second kappa shape index (κ2) is 7.11. The van der Waals surface area contributed by atoms with Crippen molar-refractivity contribution in [3.8, 4) is 5.75 Å². The van der Waals surface area contributed by atoms with Crippen molar-refractivity contribution in [2.24, 2.45) is 0 Å². The van der Waals surface area contributed by atoms with Crippen molar-refractivity contribution >= 4 is 17.4 Å². The molecular formula is C17H19N3O3. The summed E-state index contributed by atoms with van der Waals surface area (Å²) in [6.07, 6.45) is 1.70. The van der Waals surface area contributed by atoms with Gasteiger partial charge in [-0.1, -0.05) is 6.07 Å². The minimum Gasteiger partial charge on any atom is -0.497 e. The Balaban J connectivity index is 1.81. The van der Waals surface area contributed by atoms with E-state index in [-0.39, 0.29) is 5.91 Å². The monoisotopic (exact) mass is 313 g/mol. The van der Waals surface area contributed by atoms with Gasteiger partial charge in [0.05, 0.1) is 25.9 Å². The predicted octanol–water partition coefficient (Wildman–Crippen LogP) is 2.18. The Bertz CT molecular complexity index is 684. The van der Waals surface area contributed by atoms with E-state index in [1.165, 1.54) is 0 Å². The number of hydrogen-bond donors (Lipinski definition) is 1. The molecule has 1 aliphatic rings. The number of pyridine rings is 1. The van der Waals surface area contributed by atoms with Crippen LogP contribution in [-0.4, -0.2) is 44.3 Å². The van der Waals surface area contributed by atoms with E-state index >= 15 is 0 Å². The second-order valence-corrected chi connectivity index (χ2v) is 5.16. The number of carbonyl (C=O) groups is 1. The molecule has 0 bridgehead atoms. The first kappa shape index (κ1) is 15.3. The van der Waals surface area contributed by atoms with Gasteiger partial charge in [0.25, 0.3) is 5.91 Å². The lowest BCUT2D eigenvalue weighted by molar-refractivity contribution is 0.102. The summed E-state index contributed by atoms with van der Waals surface area (Å²) in [7, 11) is 1.60. The summed E-state index contributed by atoms with van der Waals surface area (Å²) in [5, 5.41) is 2.90. The SMILES string of the molecule is COc1cccc(NC(=O)c2cccnc2N2CCOCC2)c1. The number of rotatable bonds is 4. The van der Waals surface area contributed by atoms with Gasteiger partial charge in [-0.3, -0.25) is 4.79 Å². The Hall–Kier alpha value is -2.60. The molecule has 1 aromatic heterocycles. The molecule has 0 spiro atoms. The molecule has 1 aliphatic heterocycles. The van der Waals surface area contributed by atoms with E-state index in [9.17, 15) is 4.79 Å². The summed E-state index contributed by atoms with van der Waals surface area (Å²) < 4.78 is 10.5. The van der Waals surface area contributed by atoms with E-state index in [2.05, 4.69) is 15.2 Å². The zero-order valence-electron chi connectivity index (χ0n) is 13.0. The number of ether oxygens (including phenoxy) is 2. The fourth-order valence-corrected chi connectivity index (χ4v) is 2.50. The summed E-state index contributed by atoms with van der Waals surface area (Å²) in [6.45, 7) is 2.76. The maximum Gasteiger partial charge on any atom is 0.259 e. The first-order valence-electron chi connectivity index (χ1n) is 7.51. The van der Waals surface area contributed by atoms with Crippen molar-refractivity contribution in [3.63, 3.8) is 0 Å². The van der Waals surface area contributed by atoms with Crippen LogP contribution in [0.3, 0.4) is 0 Å². The fourth-order valence-electron chi connectivity index (χ4n) is 2.50. The van der Waals surface area contributed by atoms with Crippen LogP contribution >= 0.6 is 0 Å². The van der Waals surface area contributed by atoms with Crippen LogP contribution in [0.2, 0.25) is 0 Å². The molecule has 2 aromatic rings. The van der Waals surface area contributed by atoms with Gasteiger partial charge in [-0.05, 0) is 24.3 Å². The molecule has 6 heteroatoms. The van der Waals surface area contributed by atoms with Crippen LogP contribution in [0.15, 0.2) is 42.6 Å². The van der Waals surface area contributed by atoms with Gasteiger partial charge in [-0.25, -0.2) is 4.98 Å². The van der Waals surface area contributed by atoms with E-state index in [0.29, 0.717) is 36.0 Å². The molecule has 1 N–H and O–H groups in total. The largest absolute Gasteiger partial charge is 0.497 e. The molecule has 0 unspecified atom stereocenters. The predicted molar refractivity (Wildman–Crippen MR) is 88.2 cm³/mol. The molecule has 23 heavy (non-hydrogen) atoms. The van der Waals surface area contributed by atoms with Crippen LogP contribution in [0.4, 0.5) is 11.5 Å². The average Bonchev–Trinajstić information content (AvgIpc) is 2.62. The standard InChI is InChI=1S/C17H19N3O3/c1-22-14-5-2-4-13(12-14)19-17(21)15-6-3-7-18-16(15)20-8-10-23-11-9-20/h2-7,12H,8-11H2,1H3,(H,19,21). The third kappa shape index (κ3) is 3.60. The molecule has 1 aromatic carbocycles. The van der Waals surface area contributed by atoms with Crippen molar-refractivity contribution in [1.82, 2.24) is 4.98 Å². The summed E-state index contributed by atoms with van der Waals surface area (Å²) in [6, 6.07) is 10.8. The van der Waals surface area contributed by atoms with E-state index in [4.69, 9.17) is 9.47 Å². The minimum absolute atomic E-state index is 0.187. The number of aromatic nitrogens is 1. The third-order valence-corrected chi connectivity index (χ3v) is 3.67. The van der Waals surface area contributed by atoms with E-state index in [1.807, 2.05) is 18.2 Å². The highest BCUT2D eigenvalue weighted by molar-refractivity contribution is 6.07. The second-order valence-electron chi connectivity index (χ2n) is 5.16. The number of hydrogen-bond acceptors (Lipinski definition) is 5. The van der Waals surface area contributed by atoms with Crippen LogP contribution in [0.5, 0.6) is 5.75 Å². The third-order valence-electron chi connectivity index (χ3n) is 3.67. The minimum atomic E-state index is -0.187. The fraction of sp³-hybridized carbons (Fsp3) is 0.294. The summed E-state index contributed by atoms with van der Waals surface area (Å²) in [5.41, 5.74) is 1.24. The highest BCUT2D eigenvalue weighted by Crippen LogP contribution is 2.21. The van der Waals surface area contributed by atoms with Gasteiger partial charge in [-0.15, -0.1) is 0 Å². The first-order valence-corrected chi connectivity index (χ1v) is 7.51. The van der Waals surface area contributed by atoms with E-state index in [1.54, 1.807) is 31.5 Å². The number of methoxy groups -OCH3 is 1. The first-order chi connectivity index (χ1) is 11.3. The molecular weight excluding hydrogens is 294 g/mol. The van der Waals surface area contributed by atoms with Crippen molar-refractivity contribution < 1.29 is 14.3 Å². The van der Waals surface area contributed by atoms with E-state index in [0.717, 1.165) is 13.1 Å². The molecule has 1 fully saturated rings. The molecule has 0 aliphatic carbocycles. The smallest absolute Gasteiger partial charge is 0.259 e. The average molecular weight is 313 g/mol. The Morgan fingerprint density at radius 1 is 1.26 bits per heavy atom. The van der Waals surface area contributed by atoms with Gasteiger partial charge in [0.2, 0.25) is 0 Å². The van der Waals surface area contributed by atoms with Crippen LogP contribution < -0.4 is 15.0 Å². The highest BCUT2D eigenvalue weighted by atomic mass is 16.5. The van der Waals surface area contributed by atoms with Gasteiger partial charge in [0.15, 0.2) is 0 Å². The van der Waals surface area contributed by atoms with Crippen molar-refractivity contribution in [2.75, 3.05) is 43.6 Å². The number of carbonyl (C=O) groups excluding carboxylic acids is 1. The molecule has 2 heterocycles. The molecule has 0 saturated carbocycles. The van der Waals surface area contributed by atoms with Gasteiger partial charge in [0, 0.05) is 31.0 Å². The molecule has 120 valence electrons. The van der Waals surface area contributed by atoms with Gasteiger partial charge in [-0.2, -0.15) is 0 Å². The Kier molecular flexibility index (Phi) is 4.73. The van der Waals surface area contributed by atoms with Crippen LogP contribution in [-0.2, 0) is 4.74 Å². The Morgan fingerprint density at radius 2 is 2.09 bits per heavy atom. The number of benzene rings is 1. The maximum absolute atomic E-state index is 12.6. The topological polar surface area (TPSA) is 63.7 Å². The Labute approximate surface area is 135 Å². The van der Waals surface area contributed by atoms with Gasteiger partial charge >= 0.3 is 0 Å². The van der Waals surface area contributed by atoms with Crippen LogP contribution in [0.1, 0.15) is 10.4 Å². The molecule has 0 atom stereocenters. The van der Waals surface area contributed by atoms with Gasteiger partial charge < -0.3 is 19.7 Å². The van der Waals surface area contributed by atoms with Gasteiger partial charge in [0.1, 0.15) is 11.6 Å². The zero-order chi connectivity index (χ0) is 16.1. The van der Waals surface area contributed by atoms with Crippen molar-refractivity contribution in [3.05, 3.63) is 48.2 Å². The molecule has 1 amide bonds.